The van der Waals surface area contributed by atoms with Gasteiger partial charge in [0.25, 0.3) is 0 Å². The third-order valence-electron chi connectivity index (χ3n) is 3.30. The summed E-state index contributed by atoms with van der Waals surface area (Å²) in [4.78, 5) is 12.2. The van der Waals surface area contributed by atoms with Gasteiger partial charge in [-0.2, -0.15) is 0 Å². The molecule has 1 aliphatic heterocycles. The number of benzene rings is 1. The second-order valence-corrected chi connectivity index (χ2v) is 8.29. The van der Waals surface area contributed by atoms with Crippen molar-refractivity contribution in [1.29, 1.82) is 0 Å². The molecule has 0 aliphatic carbocycles. The number of nitrogens with zero attached hydrogens (tertiary/aromatic N) is 1. The van der Waals surface area contributed by atoms with Crippen molar-refractivity contribution in [2.45, 2.75) is 17.9 Å². The number of rotatable bonds is 6. The van der Waals surface area contributed by atoms with Gasteiger partial charge in [0.2, 0.25) is 15.9 Å². The zero-order valence-electron chi connectivity index (χ0n) is 13.3. The van der Waals surface area contributed by atoms with E-state index in [0.29, 0.717) is 18.0 Å². The molecule has 9 heteroatoms. The highest BCUT2D eigenvalue weighted by atomic mass is 32.2. The van der Waals surface area contributed by atoms with Crippen LogP contribution in [0.15, 0.2) is 23.1 Å². The van der Waals surface area contributed by atoms with Crippen molar-refractivity contribution >= 4 is 33.4 Å². The normalized spacial score (nSPS) is 18.2. The van der Waals surface area contributed by atoms with E-state index in [-0.39, 0.29) is 22.6 Å². The van der Waals surface area contributed by atoms with Crippen LogP contribution < -0.4 is 15.4 Å². The highest BCUT2D eigenvalue weighted by Crippen LogP contribution is 2.29. The van der Waals surface area contributed by atoms with Crippen molar-refractivity contribution in [3.63, 3.8) is 0 Å². The second-order valence-electron chi connectivity index (χ2n) is 5.14. The van der Waals surface area contributed by atoms with Gasteiger partial charge in [0.05, 0.1) is 12.6 Å². The predicted octanol–water partition coefficient (Wildman–Crippen LogP) is 0.937. The van der Waals surface area contributed by atoms with Crippen molar-refractivity contribution in [2.24, 2.45) is 0 Å². The van der Waals surface area contributed by atoms with Gasteiger partial charge in [-0.05, 0) is 25.1 Å². The molecular weight excluding hydrogens is 338 g/mol. The van der Waals surface area contributed by atoms with Crippen LogP contribution in [0.4, 0.5) is 5.69 Å². The van der Waals surface area contributed by atoms with Crippen LogP contribution in [-0.4, -0.2) is 57.0 Å². The molecule has 1 aromatic rings. The van der Waals surface area contributed by atoms with E-state index in [4.69, 9.17) is 4.74 Å². The zero-order chi connectivity index (χ0) is 17.0. The van der Waals surface area contributed by atoms with Crippen molar-refractivity contribution in [3.05, 3.63) is 18.2 Å². The van der Waals surface area contributed by atoms with Crippen molar-refractivity contribution in [3.8, 4) is 5.75 Å². The first-order chi connectivity index (χ1) is 10.9. The first-order valence-corrected chi connectivity index (χ1v) is 9.77. The summed E-state index contributed by atoms with van der Waals surface area (Å²) >= 11 is 1.65. The number of nitrogens with one attached hydrogen (secondary N) is 2. The molecule has 1 atom stereocenters. The monoisotopic (exact) mass is 359 g/mol. The van der Waals surface area contributed by atoms with Gasteiger partial charge in [0.1, 0.15) is 10.6 Å². The molecule has 7 nitrogen and oxygen atoms in total. The average Bonchev–Trinajstić information content (AvgIpc) is 3.03. The number of carbonyl (C=O) groups is 1. The Labute approximate surface area is 140 Å². The van der Waals surface area contributed by atoms with Crippen LogP contribution >= 0.6 is 11.8 Å². The highest BCUT2D eigenvalue weighted by Gasteiger charge is 2.25. The Hall–Kier alpha value is -1.29. The van der Waals surface area contributed by atoms with E-state index in [9.17, 15) is 13.2 Å². The number of amides is 1. The molecule has 0 radical (unpaired) electrons. The summed E-state index contributed by atoms with van der Waals surface area (Å²) in [6.45, 7) is 2.13. The lowest BCUT2D eigenvalue weighted by Gasteiger charge is -2.17. The molecule has 0 saturated carbocycles. The van der Waals surface area contributed by atoms with Gasteiger partial charge in [-0.15, -0.1) is 11.8 Å². The Balaban J connectivity index is 2.30. The third-order valence-corrected chi connectivity index (χ3v) is 6.08. The predicted molar refractivity (Wildman–Crippen MR) is 91.4 cm³/mol. The number of ether oxygens (including phenoxy) is 1. The fourth-order valence-corrected chi connectivity index (χ4v) is 4.04. The summed E-state index contributed by atoms with van der Waals surface area (Å²) in [6.07, 6.45) is 0. The van der Waals surface area contributed by atoms with Crippen molar-refractivity contribution in [2.75, 3.05) is 37.6 Å². The number of anilines is 1. The van der Waals surface area contributed by atoms with Gasteiger partial charge < -0.3 is 10.1 Å². The summed E-state index contributed by atoms with van der Waals surface area (Å²) < 4.78 is 31.4. The highest BCUT2D eigenvalue weighted by molar-refractivity contribution is 7.99. The van der Waals surface area contributed by atoms with Gasteiger partial charge in [0.15, 0.2) is 0 Å². The second kappa shape index (κ2) is 7.52. The fraction of sp³-hybridized carbons (Fsp3) is 0.500. The van der Waals surface area contributed by atoms with Crippen LogP contribution in [0.1, 0.15) is 6.92 Å². The third kappa shape index (κ3) is 4.17. The molecule has 1 amide bonds. The molecule has 1 aliphatic rings. The van der Waals surface area contributed by atoms with Crippen LogP contribution in [0.5, 0.6) is 5.75 Å². The van der Waals surface area contributed by atoms with Crippen LogP contribution in [0.3, 0.4) is 0 Å². The minimum Gasteiger partial charge on any atom is -0.492 e. The molecule has 1 aromatic carbocycles. The van der Waals surface area contributed by atoms with Gasteiger partial charge in [0, 0.05) is 31.4 Å². The van der Waals surface area contributed by atoms with E-state index < -0.39 is 10.0 Å². The standard InChI is InChI=1S/C14H21N3O4S2/c1-4-21-12-6-5-10(7-13(12)23(19,20)17(2)3)16-14(18)11-8-22-9-15-11/h5-7,11,15H,4,8-9H2,1-3H3,(H,16,18). The minimum absolute atomic E-state index is 0.0379. The maximum atomic E-state index is 12.4. The molecule has 0 bridgehead atoms. The molecule has 2 rings (SSSR count). The van der Waals surface area contributed by atoms with E-state index >= 15 is 0 Å². The first-order valence-electron chi connectivity index (χ1n) is 7.17. The molecule has 1 saturated heterocycles. The minimum atomic E-state index is -3.67. The summed E-state index contributed by atoms with van der Waals surface area (Å²) in [7, 11) is -0.761. The van der Waals surface area contributed by atoms with Crippen LogP contribution in [-0.2, 0) is 14.8 Å². The number of sulfonamides is 1. The van der Waals surface area contributed by atoms with Crippen LogP contribution in [0.25, 0.3) is 0 Å². The Morgan fingerprint density at radius 1 is 1.48 bits per heavy atom. The molecular formula is C14H21N3O4S2. The fourth-order valence-electron chi connectivity index (χ4n) is 2.05. The number of carbonyl (C=O) groups excluding carboxylic acids is 1. The van der Waals surface area contributed by atoms with Gasteiger partial charge in [-0.3, -0.25) is 10.1 Å². The summed E-state index contributed by atoms with van der Waals surface area (Å²) in [6, 6.07) is 4.37. The van der Waals surface area contributed by atoms with Gasteiger partial charge in [-0.1, -0.05) is 0 Å². The quantitative estimate of drug-likeness (QED) is 0.786. The summed E-state index contributed by atoms with van der Waals surface area (Å²) in [5.41, 5.74) is 0.428. The molecule has 0 aromatic heterocycles. The van der Waals surface area contributed by atoms with Crippen molar-refractivity contribution < 1.29 is 17.9 Å². The van der Waals surface area contributed by atoms with Gasteiger partial charge >= 0.3 is 0 Å². The van der Waals surface area contributed by atoms with E-state index in [1.54, 1.807) is 30.8 Å². The Morgan fingerprint density at radius 2 is 2.22 bits per heavy atom. The Morgan fingerprint density at radius 3 is 2.78 bits per heavy atom. The van der Waals surface area contributed by atoms with E-state index in [1.807, 2.05) is 0 Å². The summed E-state index contributed by atoms with van der Waals surface area (Å²) in [5, 5.41) is 5.82. The van der Waals surface area contributed by atoms with E-state index in [1.165, 1.54) is 20.2 Å². The molecule has 2 N–H and O–H groups in total. The largest absolute Gasteiger partial charge is 0.492 e. The molecule has 1 fully saturated rings. The maximum absolute atomic E-state index is 12.4. The number of hydrogen-bond donors (Lipinski definition) is 2. The lowest BCUT2D eigenvalue weighted by Crippen LogP contribution is -2.37. The SMILES string of the molecule is CCOc1ccc(NC(=O)C2CSCN2)cc1S(=O)(=O)N(C)C. The maximum Gasteiger partial charge on any atom is 0.246 e. The molecule has 0 spiro atoms. The lowest BCUT2D eigenvalue weighted by molar-refractivity contribution is -0.117. The smallest absolute Gasteiger partial charge is 0.246 e. The Kier molecular flexibility index (Phi) is 5.90. The Bertz CT molecular complexity index is 671. The zero-order valence-corrected chi connectivity index (χ0v) is 15.0. The van der Waals surface area contributed by atoms with Crippen LogP contribution in [0, 0.1) is 0 Å². The number of hydrogen-bond acceptors (Lipinski definition) is 6. The van der Waals surface area contributed by atoms with E-state index in [2.05, 4.69) is 10.6 Å². The van der Waals surface area contributed by atoms with E-state index in [0.717, 1.165) is 10.2 Å². The number of thioether (sulfide) groups is 1. The van der Waals surface area contributed by atoms with Crippen LogP contribution in [0.2, 0.25) is 0 Å². The topological polar surface area (TPSA) is 87.7 Å². The molecule has 128 valence electrons. The average molecular weight is 359 g/mol. The molecule has 1 heterocycles. The molecule has 1 unspecified atom stereocenters. The molecule has 23 heavy (non-hydrogen) atoms. The first kappa shape index (κ1) is 18.1. The summed E-state index contributed by atoms with van der Waals surface area (Å²) in [5.74, 6) is 1.54. The lowest BCUT2D eigenvalue weighted by atomic mass is 10.2. The van der Waals surface area contributed by atoms with Gasteiger partial charge in [-0.25, -0.2) is 12.7 Å². The van der Waals surface area contributed by atoms with Crippen molar-refractivity contribution in [1.82, 2.24) is 9.62 Å².